The lowest BCUT2D eigenvalue weighted by atomic mass is 10.0. The molecule has 1 aromatic carbocycles. The van der Waals surface area contributed by atoms with Crippen LogP contribution in [0.2, 0.25) is 0 Å². The van der Waals surface area contributed by atoms with Gasteiger partial charge < -0.3 is 5.32 Å². The molecule has 0 aliphatic rings. The quantitative estimate of drug-likeness (QED) is 0.825. The number of hydrogen-bond donors (Lipinski definition) is 2. The third-order valence-electron chi connectivity index (χ3n) is 3.73. The van der Waals surface area contributed by atoms with Crippen LogP contribution in [-0.4, -0.2) is 21.1 Å². The first-order chi connectivity index (χ1) is 10.6. The molecule has 2 N–H and O–H groups in total. The predicted molar refractivity (Wildman–Crippen MR) is 86.2 cm³/mol. The van der Waals surface area contributed by atoms with Gasteiger partial charge in [0.15, 0.2) is 5.82 Å². The first-order valence-electron chi connectivity index (χ1n) is 7.86. The van der Waals surface area contributed by atoms with Crippen molar-refractivity contribution in [3.63, 3.8) is 0 Å². The lowest BCUT2D eigenvalue weighted by Crippen LogP contribution is -2.34. The molecule has 5 heteroatoms. The number of rotatable bonds is 7. The molecule has 0 fully saturated rings. The van der Waals surface area contributed by atoms with Gasteiger partial charge in [-0.05, 0) is 18.9 Å². The third kappa shape index (κ3) is 4.16. The zero-order chi connectivity index (χ0) is 15.9. The van der Waals surface area contributed by atoms with Crippen molar-refractivity contribution >= 4 is 5.91 Å². The zero-order valence-electron chi connectivity index (χ0n) is 13.5. The summed E-state index contributed by atoms with van der Waals surface area (Å²) in [5.74, 6) is 1.37. The van der Waals surface area contributed by atoms with E-state index < -0.39 is 0 Å². The fraction of sp³-hybridized carbons (Fsp3) is 0.471. The maximum Gasteiger partial charge on any atom is 0.223 e. The predicted octanol–water partition coefficient (Wildman–Crippen LogP) is 3.15. The smallest absolute Gasteiger partial charge is 0.223 e. The lowest BCUT2D eigenvalue weighted by molar-refractivity contribution is -0.125. The number of nitrogens with one attached hydrogen (secondary N) is 2. The molecule has 2 aromatic rings. The van der Waals surface area contributed by atoms with Crippen molar-refractivity contribution in [1.82, 2.24) is 20.5 Å². The van der Waals surface area contributed by atoms with Crippen molar-refractivity contribution < 1.29 is 4.79 Å². The highest BCUT2D eigenvalue weighted by molar-refractivity contribution is 5.79. The number of H-pyrrole nitrogens is 1. The van der Waals surface area contributed by atoms with Crippen molar-refractivity contribution in [2.24, 2.45) is 5.92 Å². The number of amides is 1. The Morgan fingerprint density at radius 2 is 2.05 bits per heavy atom. The Morgan fingerprint density at radius 3 is 2.64 bits per heavy atom. The van der Waals surface area contributed by atoms with E-state index in [2.05, 4.69) is 27.4 Å². The molecule has 0 spiro atoms. The molecule has 0 radical (unpaired) electrons. The van der Waals surface area contributed by atoms with Crippen LogP contribution in [0.3, 0.4) is 0 Å². The van der Waals surface area contributed by atoms with Crippen LogP contribution in [0, 0.1) is 12.8 Å². The molecule has 0 aliphatic heterocycles. The van der Waals surface area contributed by atoms with Crippen molar-refractivity contribution in [2.75, 3.05) is 0 Å². The Balaban J connectivity index is 2.17. The number of aryl methyl sites for hydroxylation is 1. The average Bonchev–Trinajstić information content (AvgIpc) is 2.97. The van der Waals surface area contributed by atoms with Gasteiger partial charge in [-0.15, -0.1) is 0 Å². The van der Waals surface area contributed by atoms with Crippen LogP contribution in [0.1, 0.15) is 56.4 Å². The van der Waals surface area contributed by atoms with E-state index in [1.807, 2.05) is 44.2 Å². The summed E-state index contributed by atoms with van der Waals surface area (Å²) in [5, 5.41) is 10.1. The van der Waals surface area contributed by atoms with Crippen LogP contribution in [-0.2, 0) is 4.79 Å². The van der Waals surface area contributed by atoms with E-state index in [0.29, 0.717) is 5.82 Å². The summed E-state index contributed by atoms with van der Waals surface area (Å²) in [6, 6.07) is 9.50. The van der Waals surface area contributed by atoms with Crippen LogP contribution in [0.25, 0.3) is 0 Å². The maximum atomic E-state index is 12.4. The largest absolute Gasteiger partial charge is 0.342 e. The van der Waals surface area contributed by atoms with Gasteiger partial charge >= 0.3 is 0 Å². The molecule has 1 heterocycles. The molecular formula is C17H24N4O. The highest BCUT2D eigenvalue weighted by Crippen LogP contribution is 2.20. The first kappa shape index (κ1) is 16.2. The maximum absolute atomic E-state index is 12.4. The molecule has 0 saturated heterocycles. The number of carbonyl (C=O) groups excluding carboxylic acids is 1. The van der Waals surface area contributed by atoms with Crippen LogP contribution in [0.5, 0.6) is 0 Å². The van der Waals surface area contributed by atoms with Crippen molar-refractivity contribution in [2.45, 2.75) is 46.1 Å². The van der Waals surface area contributed by atoms with E-state index in [1.165, 1.54) is 0 Å². The van der Waals surface area contributed by atoms with Gasteiger partial charge in [-0.25, -0.2) is 4.98 Å². The minimum absolute atomic E-state index is 0.00815. The Kier molecular flexibility index (Phi) is 5.69. The lowest BCUT2D eigenvalue weighted by Gasteiger charge is -2.19. The second-order valence-electron chi connectivity index (χ2n) is 5.67. The van der Waals surface area contributed by atoms with E-state index in [4.69, 9.17) is 0 Å². The molecule has 0 unspecified atom stereocenters. The van der Waals surface area contributed by atoms with E-state index in [9.17, 15) is 4.79 Å². The van der Waals surface area contributed by atoms with Crippen LogP contribution in [0.4, 0.5) is 0 Å². The molecule has 2 atom stereocenters. The highest BCUT2D eigenvalue weighted by atomic mass is 16.1. The fourth-order valence-electron chi connectivity index (χ4n) is 2.36. The summed E-state index contributed by atoms with van der Waals surface area (Å²) in [4.78, 5) is 16.8. The van der Waals surface area contributed by atoms with Gasteiger partial charge in [-0.2, -0.15) is 5.10 Å². The molecule has 5 nitrogen and oxygen atoms in total. The molecule has 118 valence electrons. The Labute approximate surface area is 131 Å². The van der Waals surface area contributed by atoms with Gasteiger partial charge in [-0.3, -0.25) is 9.89 Å². The molecule has 22 heavy (non-hydrogen) atoms. The Hall–Kier alpha value is -2.17. The number of unbranched alkanes of at least 4 members (excludes halogenated alkanes) is 1. The van der Waals surface area contributed by atoms with E-state index >= 15 is 0 Å². The number of hydrogen-bond acceptors (Lipinski definition) is 3. The second kappa shape index (κ2) is 7.73. The van der Waals surface area contributed by atoms with Gasteiger partial charge in [-0.1, -0.05) is 57.0 Å². The van der Waals surface area contributed by atoms with Crippen molar-refractivity contribution in [1.29, 1.82) is 0 Å². The molecule has 0 aliphatic carbocycles. The Morgan fingerprint density at radius 1 is 1.32 bits per heavy atom. The van der Waals surface area contributed by atoms with Crippen molar-refractivity contribution in [3.8, 4) is 0 Å². The number of carbonyl (C=O) groups is 1. The minimum atomic E-state index is -0.317. The topological polar surface area (TPSA) is 70.7 Å². The van der Waals surface area contributed by atoms with Gasteiger partial charge in [0.25, 0.3) is 0 Å². The average molecular weight is 300 g/mol. The fourth-order valence-corrected chi connectivity index (χ4v) is 2.36. The SMILES string of the molecule is CCCC[C@H](C)C(=O)N[C@@H](c1ccccc1)c1n[nH]c(C)n1. The first-order valence-corrected chi connectivity index (χ1v) is 7.86. The molecular weight excluding hydrogens is 276 g/mol. The standard InChI is InChI=1S/C17H24N4O/c1-4-5-9-12(2)17(22)19-15(14-10-7-6-8-11-14)16-18-13(3)20-21-16/h6-8,10-12,15H,4-5,9H2,1-3H3,(H,19,22)(H,18,20,21)/t12-,15-/m0/s1. The number of benzene rings is 1. The van der Waals surface area contributed by atoms with Crippen LogP contribution in [0.15, 0.2) is 30.3 Å². The summed E-state index contributed by atoms with van der Waals surface area (Å²) >= 11 is 0. The molecule has 1 aromatic heterocycles. The number of aromatic nitrogens is 3. The van der Waals surface area contributed by atoms with Crippen LogP contribution < -0.4 is 5.32 Å². The van der Waals surface area contributed by atoms with E-state index in [1.54, 1.807) is 0 Å². The third-order valence-corrected chi connectivity index (χ3v) is 3.73. The summed E-state index contributed by atoms with van der Waals surface area (Å²) in [6.45, 7) is 5.95. The number of nitrogens with zero attached hydrogens (tertiary/aromatic N) is 2. The second-order valence-corrected chi connectivity index (χ2v) is 5.67. The van der Waals surface area contributed by atoms with Gasteiger partial charge in [0.2, 0.25) is 5.91 Å². The highest BCUT2D eigenvalue weighted by Gasteiger charge is 2.23. The van der Waals surface area contributed by atoms with E-state index in [0.717, 1.165) is 30.7 Å². The molecule has 1 amide bonds. The van der Waals surface area contributed by atoms with E-state index in [-0.39, 0.29) is 17.9 Å². The molecule has 0 bridgehead atoms. The van der Waals surface area contributed by atoms with Gasteiger partial charge in [0.05, 0.1) is 0 Å². The summed E-state index contributed by atoms with van der Waals surface area (Å²) in [6.07, 6.45) is 3.06. The Bertz CT molecular complexity index is 594. The summed E-state index contributed by atoms with van der Waals surface area (Å²) < 4.78 is 0. The summed E-state index contributed by atoms with van der Waals surface area (Å²) in [5.41, 5.74) is 0.984. The van der Waals surface area contributed by atoms with Crippen molar-refractivity contribution in [3.05, 3.63) is 47.5 Å². The monoisotopic (exact) mass is 300 g/mol. The van der Waals surface area contributed by atoms with Gasteiger partial charge in [0.1, 0.15) is 11.9 Å². The van der Waals surface area contributed by atoms with Crippen LogP contribution >= 0.6 is 0 Å². The normalized spacial score (nSPS) is 13.6. The van der Waals surface area contributed by atoms with Gasteiger partial charge in [0, 0.05) is 5.92 Å². The molecule has 2 rings (SSSR count). The molecule has 0 saturated carbocycles. The summed E-state index contributed by atoms with van der Waals surface area (Å²) in [7, 11) is 0. The zero-order valence-corrected chi connectivity index (χ0v) is 13.5. The minimum Gasteiger partial charge on any atom is -0.342 e. The number of aromatic amines is 1.